The topological polar surface area (TPSA) is 88.9 Å². The van der Waals surface area contributed by atoms with E-state index in [1.165, 1.54) is 24.4 Å². The first-order chi connectivity index (χ1) is 16.4. The quantitative estimate of drug-likeness (QED) is 0.371. The molecule has 3 aromatic rings. The number of thiocarbonyl (C=S) groups is 1. The molecule has 0 atom stereocenters. The van der Waals surface area contributed by atoms with E-state index >= 15 is 0 Å². The molecule has 0 bridgehead atoms. The van der Waals surface area contributed by atoms with E-state index < -0.39 is 34.6 Å². The molecule has 182 valence electrons. The molecule has 35 heavy (non-hydrogen) atoms. The molecule has 0 aliphatic rings. The minimum atomic E-state index is -4.79. The van der Waals surface area contributed by atoms with Crippen molar-refractivity contribution in [1.82, 2.24) is 20.3 Å². The van der Waals surface area contributed by atoms with E-state index in [0.717, 1.165) is 16.5 Å². The highest BCUT2D eigenvalue weighted by Crippen LogP contribution is 2.35. The summed E-state index contributed by atoms with van der Waals surface area (Å²) in [5, 5.41) is 19.1. The number of alkyl halides is 3. The Labute approximate surface area is 204 Å². The highest BCUT2D eigenvalue weighted by molar-refractivity contribution is 7.79. The van der Waals surface area contributed by atoms with Crippen molar-refractivity contribution in [3.63, 3.8) is 0 Å². The van der Waals surface area contributed by atoms with Crippen LogP contribution in [0.2, 0.25) is 0 Å². The number of likely N-dealkylation sites (N-methyl/N-ethyl adjacent to an activating group) is 1. The molecular formula is C23H20F4N6OS. The highest BCUT2D eigenvalue weighted by atomic mass is 32.1. The Kier molecular flexibility index (Phi) is 7.33. The van der Waals surface area contributed by atoms with Crippen LogP contribution >= 0.6 is 12.2 Å². The average Bonchev–Trinajstić information content (AvgIpc) is 3.35. The lowest BCUT2D eigenvalue weighted by atomic mass is 9.98. The number of nitriles is 1. The van der Waals surface area contributed by atoms with Gasteiger partial charge in [-0.2, -0.15) is 33.8 Å². The normalized spacial score (nSPS) is 11.9. The van der Waals surface area contributed by atoms with Gasteiger partial charge in [0.2, 0.25) is 0 Å². The first kappa shape index (κ1) is 25.9. The van der Waals surface area contributed by atoms with Crippen LogP contribution in [0.1, 0.15) is 30.5 Å². The summed E-state index contributed by atoms with van der Waals surface area (Å²) in [6, 6.07) is 8.93. The van der Waals surface area contributed by atoms with Crippen molar-refractivity contribution in [3.05, 3.63) is 65.1 Å². The maximum Gasteiger partial charge on any atom is 0.417 e. The van der Waals surface area contributed by atoms with E-state index in [0.29, 0.717) is 22.9 Å². The summed E-state index contributed by atoms with van der Waals surface area (Å²) in [4.78, 5) is 15.8. The third kappa shape index (κ3) is 5.36. The molecule has 1 amide bonds. The van der Waals surface area contributed by atoms with Gasteiger partial charge in [0, 0.05) is 23.4 Å². The monoisotopic (exact) mass is 504 g/mol. The zero-order chi connectivity index (χ0) is 26.0. The molecule has 0 saturated heterocycles. The maximum atomic E-state index is 14.8. The lowest BCUT2D eigenvalue weighted by Crippen LogP contribution is -2.54. The van der Waals surface area contributed by atoms with E-state index in [2.05, 4.69) is 15.4 Å². The molecular weight excluding hydrogens is 484 g/mol. The molecule has 7 nitrogen and oxygen atoms in total. The Morgan fingerprint density at radius 2 is 1.94 bits per heavy atom. The number of amides is 1. The Morgan fingerprint density at radius 3 is 2.49 bits per heavy atom. The number of aromatic amines is 1. The number of nitrogens with zero attached hydrogens (tertiary/aromatic N) is 5. The molecule has 1 heterocycles. The largest absolute Gasteiger partial charge is 0.417 e. The number of carbonyl (C=O) groups excluding carboxylic acids is 1. The lowest BCUT2D eigenvalue weighted by molar-refractivity contribution is -0.137. The molecule has 2 aromatic carbocycles. The first-order valence-electron chi connectivity index (χ1n) is 10.2. The summed E-state index contributed by atoms with van der Waals surface area (Å²) >= 11 is 4.93. The van der Waals surface area contributed by atoms with Crippen LogP contribution in [0.4, 0.5) is 23.2 Å². The van der Waals surface area contributed by atoms with Gasteiger partial charge in [-0.1, -0.05) is 24.4 Å². The molecule has 0 aliphatic carbocycles. The average molecular weight is 505 g/mol. The van der Waals surface area contributed by atoms with E-state index in [1.54, 1.807) is 37.9 Å². The molecule has 3 rings (SSSR count). The second-order valence-corrected chi connectivity index (χ2v) is 8.41. The predicted octanol–water partition coefficient (Wildman–Crippen LogP) is 4.70. The van der Waals surface area contributed by atoms with E-state index in [1.807, 2.05) is 0 Å². The molecule has 0 saturated carbocycles. The molecule has 1 N–H and O–H groups in total. The smallest absolute Gasteiger partial charge is 0.289 e. The van der Waals surface area contributed by atoms with Crippen LogP contribution in [0.15, 0.2) is 42.6 Å². The van der Waals surface area contributed by atoms with E-state index in [4.69, 9.17) is 17.5 Å². The molecule has 0 radical (unpaired) electrons. The Morgan fingerprint density at radius 1 is 1.23 bits per heavy atom. The number of rotatable bonds is 7. The number of hydrogen-bond acceptors (Lipinski definition) is 6. The number of carbonyl (C=O) groups is 1. The molecule has 12 heteroatoms. The molecule has 0 spiro atoms. The van der Waals surface area contributed by atoms with Crippen molar-refractivity contribution in [3.8, 4) is 17.3 Å². The fourth-order valence-corrected chi connectivity index (χ4v) is 3.54. The number of H-pyrrole nitrogens is 1. The SMILES string of the molecule is CN(Cc1ccc(-c2cn[nH]n2)cc1F)C(C)(C)C(=O)N(C=S)c1ccc(C#N)c(C(F)(F)F)c1. The molecule has 0 unspecified atom stereocenters. The molecule has 0 fully saturated rings. The van der Waals surface area contributed by atoms with Crippen LogP contribution in [0, 0.1) is 17.1 Å². The van der Waals surface area contributed by atoms with Gasteiger partial charge < -0.3 is 0 Å². The van der Waals surface area contributed by atoms with Gasteiger partial charge in [-0.05, 0) is 45.2 Å². The van der Waals surface area contributed by atoms with Gasteiger partial charge in [-0.3, -0.25) is 14.6 Å². The van der Waals surface area contributed by atoms with Crippen LogP contribution in [0.25, 0.3) is 11.3 Å². The fourth-order valence-electron chi connectivity index (χ4n) is 3.33. The summed E-state index contributed by atoms with van der Waals surface area (Å²) in [6.07, 6.45) is -3.34. The first-order valence-corrected chi connectivity index (χ1v) is 10.6. The number of benzene rings is 2. The Balaban J connectivity index is 1.86. The minimum absolute atomic E-state index is 0.0239. The minimum Gasteiger partial charge on any atom is -0.289 e. The Hall–Kier alpha value is -3.69. The second-order valence-electron chi connectivity index (χ2n) is 8.20. The van der Waals surface area contributed by atoms with Crippen molar-refractivity contribution >= 4 is 29.3 Å². The summed E-state index contributed by atoms with van der Waals surface area (Å²) < 4.78 is 55.0. The molecule has 1 aromatic heterocycles. The Bertz CT molecular complexity index is 1280. The predicted molar refractivity (Wildman–Crippen MR) is 125 cm³/mol. The van der Waals surface area contributed by atoms with Crippen molar-refractivity contribution in [2.45, 2.75) is 32.1 Å². The molecule has 0 aliphatic heterocycles. The zero-order valence-corrected chi connectivity index (χ0v) is 19.7. The number of halogens is 4. The summed E-state index contributed by atoms with van der Waals surface area (Å²) in [6.45, 7) is 3.13. The van der Waals surface area contributed by atoms with Gasteiger partial charge in [0.25, 0.3) is 5.91 Å². The summed E-state index contributed by atoms with van der Waals surface area (Å²) in [5.41, 5.74) is -0.951. The van der Waals surface area contributed by atoms with Gasteiger partial charge in [0.05, 0.1) is 34.4 Å². The van der Waals surface area contributed by atoms with E-state index in [9.17, 15) is 22.4 Å². The van der Waals surface area contributed by atoms with Crippen LogP contribution < -0.4 is 4.90 Å². The third-order valence-corrected chi connectivity index (χ3v) is 5.89. The van der Waals surface area contributed by atoms with Crippen molar-refractivity contribution in [2.24, 2.45) is 0 Å². The second kappa shape index (κ2) is 9.89. The maximum absolute atomic E-state index is 14.8. The van der Waals surface area contributed by atoms with Gasteiger partial charge in [-0.25, -0.2) is 4.39 Å². The van der Waals surface area contributed by atoms with Crippen LogP contribution in [-0.2, 0) is 17.5 Å². The highest BCUT2D eigenvalue weighted by Gasteiger charge is 2.38. The third-order valence-electron chi connectivity index (χ3n) is 5.68. The number of aromatic nitrogens is 3. The summed E-state index contributed by atoms with van der Waals surface area (Å²) in [5.74, 6) is -1.15. The van der Waals surface area contributed by atoms with Crippen LogP contribution in [-0.4, -0.2) is 44.3 Å². The number of hydrogen-bond donors (Lipinski definition) is 1. The van der Waals surface area contributed by atoms with Gasteiger partial charge >= 0.3 is 6.18 Å². The van der Waals surface area contributed by atoms with Gasteiger partial charge in [0.1, 0.15) is 11.5 Å². The van der Waals surface area contributed by atoms with Gasteiger partial charge in [-0.15, -0.1) is 0 Å². The van der Waals surface area contributed by atoms with Crippen LogP contribution in [0.5, 0.6) is 0 Å². The summed E-state index contributed by atoms with van der Waals surface area (Å²) in [7, 11) is 1.59. The number of nitrogens with one attached hydrogen (secondary N) is 1. The zero-order valence-electron chi connectivity index (χ0n) is 18.9. The van der Waals surface area contributed by atoms with Crippen LogP contribution in [0.3, 0.4) is 0 Å². The van der Waals surface area contributed by atoms with Crippen molar-refractivity contribution in [1.29, 1.82) is 5.26 Å². The standard InChI is InChI=1S/C23H20F4N6OS/c1-22(2,32(3)12-16-5-4-14(8-19(16)24)20-11-29-31-30-20)21(34)33(13-35)17-7-6-15(10-28)18(9-17)23(25,26)27/h4-9,11,13H,12H2,1-3H3,(H,29,30,31). The lowest BCUT2D eigenvalue weighted by Gasteiger charge is -2.37. The van der Waals surface area contributed by atoms with Crippen molar-refractivity contribution < 1.29 is 22.4 Å². The van der Waals surface area contributed by atoms with Crippen molar-refractivity contribution in [2.75, 3.05) is 11.9 Å². The van der Waals surface area contributed by atoms with E-state index in [-0.39, 0.29) is 12.2 Å². The van der Waals surface area contributed by atoms with Gasteiger partial charge in [0.15, 0.2) is 0 Å². The fraction of sp³-hybridized carbons (Fsp3) is 0.261. The number of anilines is 1.